The van der Waals surface area contributed by atoms with E-state index in [4.69, 9.17) is 14.5 Å². The van der Waals surface area contributed by atoms with E-state index in [0.717, 1.165) is 40.4 Å². The minimum absolute atomic E-state index is 0.0337. The van der Waals surface area contributed by atoms with Crippen LogP contribution in [0.1, 0.15) is 23.3 Å². The first-order chi connectivity index (χ1) is 12.7. The first-order valence-electron chi connectivity index (χ1n) is 8.58. The molecule has 0 N–H and O–H groups in total. The maximum atomic E-state index is 13.2. The number of hydrogen-bond acceptors (Lipinski definition) is 6. The van der Waals surface area contributed by atoms with Crippen LogP contribution in [0.5, 0.6) is 11.5 Å². The second-order valence-corrected chi connectivity index (χ2v) is 7.55. The maximum absolute atomic E-state index is 13.2. The number of benzene rings is 1. The molecule has 0 amide bonds. The van der Waals surface area contributed by atoms with E-state index in [2.05, 4.69) is 4.98 Å². The van der Waals surface area contributed by atoms with Crippen molar-refractivity contribution < 1.29 is 9.47 Å². The standard InChI is InChI=1S/C19H17N3O3S/c1-24-13-7-11-12(8-14(13)25-2)20-9-22-17(11)21-18-16(19(22)23)10-5-3-4-6-15(10)26-18/h7-9H,3-6H2,1-2H3. The van der Waals surface area contributed by atoms with Crippen LogP contribution < -0.4 is 15.0 Å². The lowest BCUT2D eigenvalue weighted by Gasteiger charge is -2.11. The zero-order valence-corrected chi connectivity index (χ0v) is 15.4. The smallest absolute Gasteiger partial charge is 0.268 e. The van der Waals surface area contributed by atoms with Gasteiger partial charge in [0.2, 0.25) is 0 Å². The molecular formula is C19H17N3O3S. The number of fused-ring (bicyclic) bond motifs is 6. The largest absolute Gasteiger partial charge is 0.493 e. The monoisotopic (exact) mass is 367 g/mol. The molecule has 0 saturated heterocycles. The number of aromatic nitrogens is 3. The van der Waals surface area contributed by atoms with Crippen molar-refractivity contribution in [3.05, 3.63) is 39.3 Å². The van der Waals surface area contributed by atoms with Gasteiger partial charge in [-0.05, 0) is 37.3 Å². The summed E-state index contributed by atoms with van der Waals surface area (Å²) in [6.07, 6.45) is 5.88. The second-order valence-electron chi connectivity index (χ2n) is 6.47. The third-order valence-corrected chi connectivity index (χ3v) is 6.26. The van der Waals surface area contributed by atoms with Gasteiger partial charge in [-0.15, -0.1) is 11.3 Å². The van der Waals surface area contributed by atoms with Crippen LogP contribution in [0.4, 0.5) is 0 Å². The summed E-state index contributed by atoms with van der Waals surface area (Å²) in [6, 6.07) is 3.65. The van der Waals surface area contributed by atoms with Gasteiger partial charge in [0.25, 0.3) is 5.56 Å². The summed E-state index contributed by atoms with van der Waals surface area (Å²) in [5.74, 6) is 1.20. The highest BCUT2D eigenvalue weighted by atomic mass is 32.1. The molecule has 0 atom stereocenters. The van der Waals surface area contributed by atoms with E-state index in [9.17, 15) is 4.79 Å². The molecular weight excluding hydrogens is 350 g/mol. The van der Waals surface area contributed by atoms with E-state index in [1.165, 1.54) is 16.9 Å². The van der Waals surface area contributed by atoms with Gasteiger partial charge in [-0.3, -0.25) is 4.79 Å². The summed E-state index contributed by atoms with van der Waals surface area (Å²) < 4.78 is 12.3. The lowest BCUT2D eigenvalue weighted by atomic mass is 9.97. The van der Waals surface area contributed by atoms with Crippen molar-refractivity contribution in [2.45, 2.75) is 25.7 Å². The van der Waals surface area contributed by atoms with Gasteiger partial charge in [0.15, 0.2) is 17.1 Å². The molecule has 3 heterocycles. The topological polar surface area (TPSA) is 65.7 Å². The zero-order valence-electron chi connectivity index (χ0n) is 14.5. The fourth-order valence-electron chi connectivity index (χ4n) is 3.79. The van der Waals surface area contributed by atoms with E-state index in [1.807, 2.05) is 12.1 Å². The van der Waals surface area contributed by atoms with Crippen molar-refractivity contribution in [1.29, 1.82) is 0 Å². The Balaban J connectivity index is 1.92. The van der Waals surface area contributed by atoms with Gasteiger partial charge >= 0.3 is 0 Å². The molecule has 0 unspecified atom stereocenters. The van der Waals surface area contributed by atoms with Crippen molar-refractivity contribution in [2.75, 3.05) is 14.2 Å². The number of methoxy groups -OCH3 is 2. The fourth-order valence-corrected chi connectivity index (χ4v) is 5.04. The zero-order chi connectivity index (χ0) is 17.8. The van der Waals surface area contributed by atoms with E-state index >= 15 is 0 Å². The van der Waals surface area contributed by atoms with Gasteiger partial charge in [-0.25, -0.2) is 14.4 Å². The summed E-state index contributed by atoms with van der Waals surface area (Å²) in [5, 5.41) is 1.54. The van der Waals surface area contributed by atoms with Crippen LogP contribution in [-0.2, 0) is 12.8 Å². The minimum atomic E-state index is -0.0337. The van der Waals surface area contributed by atoms with Crippen LogP contribution in [0, 0.1) is 0 Å². The number of aryl methyl sites for hydroxylation is 2. The molecule has 0 saturated carbocycles. The lowest BCUT2D eigenvalue weighted by Crippen LogP contribution is -2.17. The van der Waals surface area contributed by atoms with Gasteiger partial charge in [0.05, 0.1) is 25.1 Å². The number of thiophene rings is 1. The Bertz CT molecular complexity index is 1240. The molecule has 0 aliphatic heterocycles. The Morgan fingerprint density at radius 3 is 2.69 bits per heavy atom. The van der Waals surface area contributed by atoms with Crippen LogP contribution in [-0.4, -0.2) is 28.6 Å². The molecule has 7 heteroatoms. The van der Waals surface area contributed by atoms with Crippen molar-refractivity contribution in [3.8, 4) is 11.5 Å². The van der Waals surface area contributed by atoms with Crippen molar-refractivity contribution in [2.24, 2.45) is 0 Å². The van der Waals surface area contributed by atoms with Gasteiger partial charge < -0.3 is 9.47 Å². The predicted molar refractivity (Wildman–Crippen MR) is 102 cm³/mol. The molecule has 26 heavy (non-hydrogen) atoms. The maximum Gasteiger partial charge on any atom is 0.268 e. The van der Waals surface area contributed by atoms with Gasteiger partial charge in [0.1, 0.15) is 11.2 Å². The number of hydrogen-bond donors (Lipinski definition) is 0. The molecule has 0 spiro atoms. The highest BCUT2D eigenvalue weighted by molar-refractivity contribution is 7.18. The van der Waals surface area contributed by atoms with Crippen molar-refractivity contribution in [1.82, 2.24) is 14.4 Å². The third kappa shape index (κ3) is 2.07. The quantitative estimate of drug-likeness (QED) is 0.508. The first kappa shape index (κ1) is 15.6. The van der Waals surface area contributed by atoms with E-state index in [1.54, 1.807) is 36.3 Å². The molecule has 1 aromatic carbocycles. The van der Waals surface area contributed by atoms with Gasteiger partial charge in [-0.2, -0.15) is 0 Å². The molecule has 1 aliphatic carbocycles. The van der Waals surface area contributed by atoms with Crippen LogP contribution in [0.2, 0.25) is 0 Å². The van der Waals surface area contributed by atoms with Gasteiger partial charge in [-0.1, -0.05) is 0 Å². The highest BCUT2D eigenvalue weighted by Gasteiger charge is 2.21. The van der Waals surface area contributed by atoms with Crippen molar-refractivity contribution >= 4 is 38.1 Å². The Labute approximate surface area is 153 Å². The Morgan fingerprint density at radius 2 is 1.88 bits per heavy atom. The summed E-state index contributed by atoms with van der Waals surface area (Å²) in [6.45, 7) is 0. The highest BCUT2D eigenvalue weighted by Crippen LogP contribution is 2.36. The molecule has 4 aromatic rings. The van der Waals surface area contributed by atoms with Gasteiger partial charge in [0, 0.05) is 16.3 Å². The molecule has 132 valence electrons. The van der Waals surface area contributed by atoms with Crippen LogP contribution >= 0.6 is 11.3 Å². The third-order valence-electron chi connectivity index (χ3n) is 5.08. The van der Waals surface area contributed by atoms with Crippen LogP contribution in [0.25, 0.3) is 26.8 Å². The summed E-state index contributed by atoms with van der Waals surface area (Å²) >= 11 is 1.65. The summed E-state index contributed by atoms with van der Waals surface area (Å²) in [7, 11) is 3.18. The van der Waals surface area contributed by atoms with Crippen LogP contribution in [0.3, 0.4) is 0 Å². The molecule has 0 bridgehead atoms. The Kier molecular flexibility index (Phi) is 3.40. The fraction of sp³-hybridized carbons (Fsp3) is 0.316. The van der Waals surface area contributed by atoms with Crippen molar-refractivity contribution in [3.63, 3.8) is 0 Å². The number of rotatable bonds is 2. The summed E-state index contributed by atoms with van der Waals surface area (Å²) in [4.78, 5) is 24.6. The van der Waals surface area contributed by atoms with E-state index < -0.39 is 0 Å². The Morgan fingerprint density at radius 1 is 1.12 bits per heavy atom. The average Bonchev–Trinajstić information content (AvgIpc) is 3.05. The second kappa shape index (κ2) is 5.67. The summed E-state index contributed by atoms with van der Waals surface area (Å²) in [5.41, 5.74) is 2.48. The Hall–Kier alpha value is -2.67. The molecule has 5 rings (SSSR count). The van der Waals surface area contributed by atoms with E-state index in [-0.39, 0.29) is 5.56 Å². The molecule has 3 aromatic heterocycles. The molecule has 0 fully saturated rings. The normalized spacial score (nSPS) is 14.1. The predicted octanol–water partition coefficient (Wildman–Crippen LogP) is 3.35. The number of ether oxygens (including phenoxy) is 2. The number of nitrogens with zero attached hydrogens (tertiary/aromatic N) is 3. The SMILES string of the molecule is COc1cc2ncn3c(=O)c4c5c(sc4nc3c2cc1OC)CCCC5. The first-order valence-corrected chi connectivity index (χ1v) is 9.40. The lowest BCUT2D eigenvalue weighted by molar-refractivity contribution is 0.356. The van der Waals surface area contributed by atoms with Crippen LogP contribution in [0.15, 0.2) is 23.3 Å². The van der Waals surface area contributed by atoms with E-state index in [0.29, 0.717) is 17.1 Å². The minimum Gasteiger partial charge on any atom is -0.493 e. The molecule has 6 nitrogen and oxygen atoms in total. The molecule has 0 radical (unpaired) electrons. The average molecular weight is 367 g/mol. The molecule has 1 aliphatic rings.